The molecule has 4 aromatic rings. The van der Waals surface area contributed by atoms with E-state index in [1.807, 2.05) is 66.7 Å². The molecule has 11 nitrogen and oxygen atoms in total. The summed E-state index contributed by atoms with van der Waals surface area (Å²) in [6.45, 7) is 5.61. The lowest BCUT2D eigenvalue weighted by atomic mass is 9.98. The van der Waals surface area contributed by atoms with Crippen LogP contribution in [0.25, 0.3) is 11.1 Å². The molecule has 0 fully saturated rings. The fraction of sp³-hybridized carbons (Fsp3) is 0.333. The Morgan fingerprint density at radius 1 is 0.698 bits per heavy atom. The number of aliphatic hydroxyl groups is 1. The van der Waals surface area contributed by atoms with Gasteiger partial charge >= 0.3 is 12.2 Å². The van der Waals surface area contributed by atoms with E-state index in [4.69, 9.17) is 9.47 Å². The predicted octanol–water partition coefficient (Wildman–Crippen LogP) is 6.45. The Hall–Kier alpha value is -5.68. The minimum atomic E-state index is -1.05. The summed E-state index contributed by atoms with van der Waals surface area (Å²) >= 11 is 0. The second kappa shape index (κ2) is 18.2. The molecule has 53 heavy (non-hydrogen) atoms. The second-order valence-electron chi connectivity index (χ2n) is 14.0. The summed E-state index contributed by atoms with van der Waals surface area (Å²) in [6, 6.07) is 30.1. The summed E-state index contributed by atoms with van der Waals surface area (Å²) in [6.07, 6.45) is 0.144. The van der Waals surface area contributed by atoms with Crippen molar-refractivity contribution in [2.75, 3.05) is 18.5 Å². The van der Waals surface area contributed by atoms with Gasteiger partial charge in [-0.05, 0) is 85.5 Å². The molecule has 1 aliphatic carbocycles. The number of carbonyl (C=O) groups is 4. The Morgan fingerprint density at radius 2 is 1.32 bits per heavy atom. The van der Waals surface area contributed by atoms with E-state index in [1.165, 1.54) is 0 Å². The van der Waals surface area contributed by atoms with E-state index >= 15 is 0 Å². The van der Waals surface area contributed by atoms with Gasteiger partial charge in [0.25, 0.3) is 0 Å². The molecule has 278 valence electrons. The first-order valence-corrected chi connectivity index (χ1v) is 17.9. The molecule has 0 radical (unpaired) electrons. The molecule has 0 aliphatic heterocycles. The molecular weight excluding hydrogens is 672 g/mol. The second-order valence-corrected chi connectivity index (χ2v) is 14.0. The van der Waals surface area contributed by atoms with Gasteiger partial charge < -0.3 is 35.8 Å². The highest BCUT2D eigenvalue weighted by Crippen LogP contribution is 2.44. The van der Waals surface area contributed by atoms with Gasteiger partial charge in [-0.1, -0.05) is 91.0 Å². The van der Waals surface area contributed by atoms with E-state index in [0.717, 1.165) is 27.8 Å². The summed E-state index contributed by atoms with van der Waals surface area (Å²) < 4.78 is 11.1. The lowest BCUT2D eigenvalue weighted by Gasteiger charge is -2.24. The van der Waals surface area contributed by atoms with Gasteiger partial charge in [0.1, 0.15) is 24.3 Å². The monoisotopic (exact) mass is 720 g/mol. The van der Waals surface area contributed by atoms with E-state index < -0.39 is 41.7 Å². The van der Waals surface area contributed by atoms with Gasteiger partial charge in [-0.3, -0.25) is 9.59 Å². The number of amides is 4. The predicted molar refractivity (Wildman–Crippen MR) is 203 cm³/mol. The zero-order valence-electron chi connectivity index (χ0n) is 30.4. The van der Waals surface area contributed by atoms with Crippen LogP contribution >= 0.6 is 0 Å². The summed E-state index contributed by atoms with van der Waals surface area (Å²) in [4.78, 5) is 53.0. The maximum absolute atomic E-state index is 14.0. The minimum Gasteiger partial charge on any atom is -0.449 e. The molecular formula is C42H48N4O7. The third kappa shape index (κ3) is 11.2. The van der Waals surface area contributed by atoms with Crippen LogP contribution in [0.3, 0.4) is 0 Å². The summed E-state index contributed by atoms with van der Waals surface area (Å²) in [5, 5.41) is 20.6. The van der Waals surface area contributed by atoms with Gasteiger partial charge in [0.2, 0.25) is 11.8 Å². The molecule has 0 bridgehead atoms. The van der Waals surface area contributed by atoms with Crippen molar-refractivity contribution >= 4 is 29.7 Å². The van der Waals surface area contributed by atoms with Crippen molar-refractivity contribution in [2.45, 2.75) is 76.7 Å². The van der Waals surface area contributed by atoms with Crippen molar-refractivity contribution in [3.63, 3.8) is 0 Å². The van der Waals surface area contributed by atoms with E-state index in [9.17, 15) is 24.3 Å². The smallest absolute Gasteiger partial charge is 0.407 e. The highest BCUT2D eigenvalue weighted by Gasteiger charge is 2.31. The summed E-state index contributed by atoms with van der Waals surface area (Å²) in [7, 11) is 0. The lowest BCUT2D eigenvalue weighted by molar-refractivity contribution is -0.128. The maximum Gasteiger partial charge on any atom is 0.407 e. The van der Waals surface area contributed by atoms with Crippen LogP contribution in [0.5, 0.6) is 0 Å². The van der Waals surface area contributed by atoms with Crippen molar-refractivity contribution in [3.05, 3.63) is 125 Å². The number of aliphatic hydroxyl groups excluding tert-OH is 1. The Labute approximate surface area is 310 Å². The van der Waals surface area contributed by atoms with Crippen LogP contribution in [0.1, 0.15) is 68.2 Å². The Kier molecular flexibility index (Phi) is 13.2. The van der Waals surface area contributed by atoms with Gasteiger partial charge in [0.05, 0.1) is 6.61 Å². The number of hydrogen-bond acceptors (Lipinski definition) is 7. The standard InChI is InChI=1S/C42H48N4O7/c1-42(2,3)53-40(50)43-24-12-11-19-36(38(48)44-30-22-20-29(26-47)21-23-30)45-39(49)37(25-28-13-5-4-6-14-28)46-41(51)52-27-35-33-17-9-7-15-31(33)32-16-8-10-18-34(32)35/h4-10,13-18,20-23,35-37,47H,11-12,19,24-27H2,1-3H3,(H,43,50)(H,44,48)(H,45,49)(H,46,51)/t36-,37+/m1/s1. The number of alkyl carbamates (subject to hydrolysis) is 2. The average molecular weight is 721 g/mol. The quantitative estimate of drug-likeness (QED) is 0.0885. The van der Waals surface area contributed by atoms with Gasteiger partial charge in [-0.25, -0.2) is 9.59 Å². The van der Waals surface area contributed by atoms with Crippen molar-refractivity contribution in [1.82, 2.24) is 16.0 Å². The molecule has 4 amide bonds. The van der Waals surface area contributed by atoms with E-state index in [2.05, 4.69) is 33.4 Å². The molecule has 0 saturated heterocycles. The van der Waals surface area contributed by atoms with Crippen molar-refractivity contribution in [3.8, 4) is 11.1 Å². The molecule has 5 rings (SSSR count). The van der Waals surface area contributed by atoms with Crippen LogP contribution in [0, 0.1) is 0 Å². The third-order valence-corrected chi connectivity index (χ3v) is 8.86. The lowest BCUT2D eigenvalue weighted by Crippen LogP contribution is -2.53. The summed E-state index contributed by atoms with van der Waals surface area (Å²) in [5.74, 6) is -1.15. The fourth-order valence-corrected chi connectivity index (χ4v) is 6.28. The number of ether oxygens (including phenoxy) is 2. The van der Waals surface area contributed by atoms with E-state index in [0.29, 0.717) is 30.6 Å². The Bertz CT molecular complexity index is 1810. The Balaban J connectivity index is 1.26. The number of benzene rings is 4. The van der Waals surface area contributed by atoms with Crippen molar-refractivity contribution < 1.29 is 33.8 Å². The average Bonchev–Trinajstić information content (AvgIpc) is 3.46. The molecule has 0 unspecified atom stereocenters. The molecule has 5 N–H and O–H groups in total. The number of hydrogen-bond donors (Lipinski definition) is 5. The number of rotatable bonds is 15. The van der Waals surface area contributed by atoms with Crippen LogP contribution in [0.4, 0.5) is 15.3 Å². The number of unbranched alkanes of at least 4 members (excludes halogenated alkanes) is 1. The van der Waals surface area contributed by atoms with Crippen LogP contribution in [0.15, 0.2) is 103 Å². The number of nitrogens with one attached hydrogen (secondary N) is 4. The van der Waals surface area contributed by atoms with Gasteiger partial charge in [-0.2, -0.15) is 0 Å². The van der Waals surface area contributed by atoms with Crippen LogP contribution in [-0.2, 0) is 32.1 Å². The normalized spacial score (nSPS) is 13.1. The molecule has 11 heteroatoms. The largest absolute Gasteiger partial charge is 0.449 e. The first kappa shape index (κ1) is 38.5. The SMILES string of the molecule is CC(C)(C)OC(=O)NCCCC[C@@H](NC(=O)[C@H](Cc1ccccc1)NC(=O)OCC1c2ccccc2-c2ccccc21)C(=O)Nc1ccc(CO)cc1. The molecule has 0 aromatic heterocycles. The number of fused-ring (bicyclic) bond motifs is 3. The van der Waals surface area contributed by atoms with Gasteiger partial charge in [0.15, 0.2) is 0 Å². The zero-order valence-corrected chi connectivity index (χ0v) is 30.4. The maximum atomic E-state index is 14.0. The fourth-order valence-electron chi connectivity index (χ4n) is 6.28. The third-order valence-electron chi connectivity index (χ3n) is 8.86. The number of carbonyl (C=O) groups excluding carboxylic acids is 4. The minimum absolute atomic E-state index is 0.0803. The highest BCUT2D eigenvalue weighted by atomic mass is 16.6. The first-order chi connectivity index (χ1) is 25.5. The van der Waals surface area contributed by atoms with Crippen molar-refractivity contribution in [2.24, 2.45) is 0 Å². The number of anilines is 1. The highest BCUT2D eigenvalue weighted by molar-refractivity contribution is 5.98. The molecule has 0 heterocycles. The molecule has 0 saturated carbocycles. The van der Waals surface area contributed by atoms with E-state index in [-0.39, 0.29) is 32.0 Å². The van der Waals surface area contributed by atoms with Gasteiger partial charge in [-0.15, -0.1) is 0 Å². The van der Waals surface area contributed by atoms with Gasteiger partial charge in [0, 0.05) is 24.6 Å². The molecule has 2 atom stereocenters. The first-order valence-electron chi connectivity index (χ1n) is 17.9. The topological polar surface area (TPSA) is 155 Å². The van der Waals surface area contributed by atoms with Crippen molar-refractivity contribution in [1.29, 1.82) is 0 Å². The molecule has 1 aliphatic rings. The van der Waals surface area contributed by atoms with Crippen LogP contribution < -0.4 is 21.3 Å². The zero-order chi connectivity index (χ0) is 37.8. The molecule has 4 aromatic carbocycles. The van der Waals surface area contributed by atoms with Crippen LogP contribution in [0.2, 0.25) is 0 Å². The molecule has 0 spiro atoms. The summed E-state index contributed by atoms with van der Waals surface area (Å²) in [5.41, 5.74) is 5.72. The Morgan fingerprint density at radius 3 is 1.94 bits per heavy atom. The van der Waals surface area contributed by atoms with E-state index in [1.54, 1.807) is 45.0 Å². The van der Waals surface area contributed by atoms with Crippen LogP contribution in [-0.4, -0.2) is 59.9 Å².